The Morgan fingerprint density at radius 3 is 1.92 bits per heavy atom. The van der Waals surface area contributed by atoms with E-state index in [4.69, 9.17) is 11.5 Å². The Kier molecular flexibility index (Phi) is 11.5. The zero-order valence-electron chi connectivity index (χ0n) is 7.14. The third kappa shape index (κ3) is 5.84. The number of hydrogen-bond acceptors (Lipinski definition) is 6. The molecule has 12 heavy (non-hydrogen) atoms. The summed E-state index contributed by atoms with van der Waals surface area (Å²) in [5.74, 6) is 0. The summed E-state index contributed by atoms with van der Waals surface area (Å²) in [4.78, 5) is 9.74. The van der Waals surface area contributed by atoms with Gasteiger partial charge in [-0.1, -0.05) is 0 Å². The van der Waals surface area contributed by atoms with Crippen molar-refractivity contribution in [2.24, 2.45) is 16.8 Å². The molecule has 0 bridgehead atoms. The molecule has 0 saturated carbocycles. The van der Waals surface area contributed by atoms with Crippen LogP contribution in [0.1, 0.15) is 0 Å². The average Bonchev–Trinajstić information content (AvgIpc) is 2.03. The average molecular weight is 185 g/mol. The van der Waals surface area contributed by atoms with Gasteiger partial charge in [-0.25, -0.2) is 5.01 Å². The van der Waals surface area contributed by atoms with Crippen molar-refractivity contribution >= 4 is 0 Å². The second-order valence-electron chi connectivity index (χ2n) is 1.87. The van der Waals surface area contributed by atoms with Crippen LogP contribution in [-0.4, -0.2) is 36.5 Å². The van der Waals surface area contributed by atoms with Crippen molar-refractivity contribution in [1.82, 2.24) is 10.3 Å². The fourth-order valence-electron chi connectivity index (χ4n) is 0.633. The number of nitrogens with zero attached hydrogens (tertiary/aromatic N) is 3. The summed E-state index contributed by atoms with van der Waals surface area (Å²) < 4.78 is 0. The second kappa shape index (κ2) is 9.33. The molecule has 0 heterocycles. The zero-order valence-corrected chi connectivity index (χ0v) is 9.14. The van der Waals surface area contributed by atoms with Gasteiger partial charge in [0.15, 0.2) is 0 Å². The Balaban J connectivity index is 0. The predicted octanol–water partition coefficient (Wildman–Crippen LogP) is -4.39. The van der Waals surface area contributed by atoms with Gasteiger partial charge in [0, 0.05) is 26.2 Å². The smallest absolute Gasteiger partial charge is 0.724 e. The fourth-order valence-corrected chi connectivity index (χ4v) is 0.633. The number of rotatable bonds is 6. The monoisotopic (exact) mass is 185 g/mol. The van der Waals surface area contributed by atoms with E-state index in [9.17, 15) is 10.1 Å². The van der Waals surface area contributed by atoms with E-state index in [0.29, 0.717) is 0 Å². The third-order valence-corrected chi connectivity index (χ3v) is 1.09. The van der Waals surface area contributed by atoms with Gasteiger partial charge >= 0.3 is 29.6 Å². The molecule has 0 aromatic rings. The minimum Gasteiger partial charge on any atom is -0.724 e. The Bertz CT molecular complexity index is 110. The van der Waals surface area contributed by atoms with Crippen LogP contribution in [-0.2, 0) is 0 Å². The van der Waals surface area contributed by atoms with Crippen LogP contribution in [0.5, 0.6) is 0 Å². The molecular weight excluding hydrogens is 173 g/mol. The molecule has 0 fully saturated rings. The van der Waals surface area contributed by atoms with E-state index in [-0.39, 0.29) is 61.0 Å². The van der Waals surface area contributed by atoms with E-state index >= 15 is 0 Å². The maximum atomic E-state index is 10.5. The molecule has 0 aliphatic rings. The van der Waals surface area contributed by atoms with Crippen molar-refractivity contribution in [1.29, 1.82) is 0 Å². The minimum atomic E-state index is -0.0419. The van der Waals surface area contributed by atoms with E-state index in [0.717, 1.165) is 5.01 Å². The molecule has 7 nitrogen and oxygen atoms in total. The second-order valence-corrected chi connectivity index (χ2v) is 1.87. The summed E-state index contributed by atoms with van der Waals surface area (Å²) in [7, 11) is 0. The van der Waals surface area contributed by atoms with E-state index in [1.54, 1.807) is 0 Å². The van der Waals surface area contributed by atoms with E-state index < -0.39 is 0 Å². The van der Waals surface area contributed by atoms with Gasteiger partial charge in [-0.3, -0.25) is 5.28 Å². The van der Waals surface area contributed by atoms with Gasteiger partial charge < -0.3 is 16.7 Å². The molecular formula is C4H12N5NaO2. The Morgan fingerprint density at radius 2 is 1.67 bits per heavy atom. The minimum absolute atomic E-state index is 0. The molecule has 4 N–H and O–H groups in total. The molecule has 0 rings (SSSR count). The molecule has 0 aromatic carbocycles. The van der Waals surface area contributed by atoms with Crippen LogP contribution in [0.15, 0.2) is 5.29 Å². The van der Waals surface area contributed by atoms with E-state index in [1.807, 2.05) is 0 Å². The molecule has 8 heteroatoms. The summed E-state index contributed by atoms with van der Waals surface area (Å²) in [6.07, 6.45) is 0. The van der Waals surface area contributed by atoms with Gasteiger partial charge in [-0.05, 0) is 0 Å². The largest absolute Gasteiger partial charge is 1.00 e. The van der Waals surface area contributed by atoms with Crippen LogP contribution < -0.4 is 41.0 Å². The molecule has 0 unspecified atom stereocenters. The summed E-state index contributed by atoms with van der Waals surface area (Å²) in [6.45, 7) is 1.14. The summed E-state index contributed by atoms with van der Waals surface area (Å²) in [5.41, 5.74) is 10.3. The van der Waals surface area contributed by atoms with E-state index in [2.05, 4.69) is 5.29 Å². The van der Waals surface area contributed by atoms with Crippen LogP contribution in [0.4, 0.5) is 0 Å². The Morgan fingerprint density at radius 1 is 1.25 bits per heavy atom. The van der Waals surface area contributed by atoms with Crippen molar-refractivity contribution in [3.63, 3.8) is 0 Å². The molecule has 0 aromatic heterocycles. The number of hydrazine groups is 1. The summed E-state index contributed by atoms with van der Waals surface area (Å²) in [6, 6.07) is 0. The van der Waals surface area contributed by atoms with Gasteiger partial charge in [0.2, 0.25) is 0 Å². The first-order chi connectivity index (χ1) is 5.26. The Hall–Kier alpha value is 0.240. The standard InChI is InChI=1S/C4H12N5O2.Na/c5-1-3-8(4-2-6)9(11)7-10;/h1-6H2;/q-1;+1. The first kappa shape index (κ1) is 14.7. The summed E-state index contributed by atoms with van der Waals surface area (Å²) >= 11 is 0. The van der Waals surface area contributed by atoms with Gasteiger partial charge in [0.05, 0.1) is 5.29 Å². The van der Waals surface area contributed by atoms with Crippen LogP contribution in [0.25, 0.3) is 0 Å². The zero-order chi connectivity index (χ0) is 8.69. The first-order valence-electron chi connectivity index (χ1n) is 3.21. The van der Waals surface area contributed by atoms with Gasteiger partial charge in [0.1, 0.15) is 0 Å². The molecule has 0 amide bonds. The Labute approximate surface area is 92.8 Å². The molecule has 0 atom stereocenters. The maximum absolute atomic E-state index is 10.5. The fraction of sp³-hybridized carbons (Fsp3) is 1.00. The van der Waals surface area contributed by atoms with Crippen molar-refractivity contribution in [2.45, 2.75) is 0 Å². The molecule has 0 aliphatic heterocycles. The number of hydrogen-bond donors (Lipinski definition) is 2. The van der Waals surface area contributed by atoms with Crippen molar-refractivity contribution in [3.8, 4) is 0 Å². The van der Waals surface area contributed by atoms with Crippen molar-refractivity contribution in [2.75, 3.05) is 26.2 Å². The number of nitroso groups, excluding NO2 is 1. The van der Waals surface area contributed by atoms with Crippen LogP contribution in [0.3, 0.4) is 0 Å². The molecule has 0 radical (unpaired) electrons. The molecule has 0 aliphatic carbocycles. The van der Waals surface area contributed by atoms with Crippen molar-refractivity contribution < 1.29 is 29.6 Å². The normalized spacial score (nSPS) is 9.33. The van der Waals surface area contributed by atoms with Gasteiger partial charge in [-0.2, -0.15) is 0 Å². The first-order valence-corrected chi connectivity index (χ1v) is 3.21. The molecule has 66 valence electrons. The third-order valence-electron chi connectivity index (χ3n) is 1.09. The van der Waals surface area contributed by atoms with E-state index in [1.165, 1.54) is 0 Å². The van der Waals surface area contributed by atoms with Gasteiger partial charge in [0.25, 0.3) is 0 Å². The predicted molar refractivity (Wildman–Crippen MR) is 40.7 cm³/mol. The molecule has 0 spiro atoms. The van der Waals surface area contributed by atoms with Gasteiger partial charge in [-0.15, -0.1) is 4.91 Å². The SMILES string of the molecule is NCCN(CCN)N([O-])N=O.[Na+]. The van der Waals surface area contributed by atoms with Crippen molar-refractivity contribution in [3.05, 3.63) is 10.1 Å². The number of nitrogens with two attached hydrogens (primary N) is 2. The maximum Gasteiger partial charge on any atom is 1.00 e. The molecule has 0 saturated heterocycles. The topological polar surface area (TPSA) is 111 Å². The van der Waals surface area contributed by atoms with Crippen LogP contribution >= 0.6 is 0 Å². The van der Waals surface area contributed by atoms with Crippen LogP contribution in [0, 0.1) is 10.1 Å². The quantitative estimate of drug-likeness (QED) is 0.245. The van der Waals surface area contributed by atoms with Crippen LogP contribution in [0.2, 0.25) is 0 Å². The summed E-state index contributed by atoms with van der Waals surface area (Å²) in [5, 5.41) is 13.8.